The highest BCUT2D eigenvalue weighted by atomic mass is 16.5. The molecule has 1 amide bonds. The van der Waals surface area contributed by atoms with E-state index in [1.807, 2.05) is 13.0 Å². The van der Waals surface area contributed by atoms with Gasteiger partial charge in [-0.2, -0.15) is 5.10 Å². The molecule has 1 saturated carbocycles. The molecule has 18 heavy (non-hydrogen) atoms. The van der Waals surface area contributed by atoms with Crippen molar-refractivity contribution in [2.75, 3.05) is 7.11 Å². The Morgan fingerprint density at radius 3 is 2.83 bits per heavy atom. The van der Waals surface area contributed by atoms with Crippen LogP contribution < -0.4 is 15.4 Å². The van der Waals surface area contributed by atoms with Gasteiger partial charge in [-0.15, -0.1) is 5.10 Å². The van der Waals surface area contributed by atoms with Crippen LogP contribution in [0.5, 0.6) is 5.88 Å². The summed E-state index contributed by atoms with van der Waals surface area (Å²) in [5, 5.41) is 13.9. The fourth-order valence-electron chi connectivity index (χ4n) is 1.46. The number of hydrogen-bond acceptors (Lipinski definition) is 5. The molecule has 0 spiro atoms. The van der Waals surface area contributed by atoms with Gasteiger partial charge < -0.3 is 15.4 Å². The number of nitrogens with one attached hydrogen (secondary N) is 2. The van der Waals surface area contributed by atoms with Crippen LogP contribution in [-0.4, -0.2) is 35.3 Å². The van der Waals surface area contributed by atoms with E-state index in [1.165, 1.54) is 0 Å². The molecule has 1 aromatic heterocycles. The number of ether oxygens (including phenoxy) is 1. The van der Waals surface area contributed by atoms with Crippen LogP contribution in [-0.2, 0) is 11.3 Å². The maximum atomic E-state index is 11.7. The van der Waals surface area contributed by atoms with Gasteiger partial charge in [0.1, 0.15) is 0 Å². The second-order valence-corrected chi connectivity index (χ2v) is 4.45. The Hall–Kier alpha value is -1.69. The summed E-state index contributed by atoms with van der Waals surface area (Å²) in [6.45, 7) is 2.35. The SMILES string of the molecule is COc1ccc(CNC(C)C(=O)NC2CC2)nn1. The molecule has 1 heterocycles. The van der Waals surface area contributed by atoms with Gasteiger partial charge in [0.05, 0.1) is 18.8 Å². The van der Waals surface area contributed by atoms with Gasteiger partial charge in [-0.05, 0) is 25.8 Å². The Balaban J connectivity index is 1.76. The van der Waals surface area contributed by atoms with Crippen LogP contribution in [0, 0.1) is 0 Å². The van der Waals surface area contributed by atoms with E-state index in [0.29, 0.717) is 18.5 Å². The van der Waals surface area contributed by atoms with Gasteiger partial charge in [0.2, 0.25) is 11.8 Å². The molecule has 0 aliphatic heterocycles. The topological polar surface area (TPSA) is 76.1 Å². The number of hydrogen-bond donors (Lipinski definition) is 2. The summed E-state index contributed by atoms with van der Waals surface area (Å²) in [6, 6.07) is 3.74. The average molecular weight is 250 g/mol. The lowest BCUT2D eigenvalue weighted by molar-refractivity contribution is -0.122. The number of carbonyl (C=O) groups excluding carboxylic acids is 1. The van der Waals surface area contributed by atoms with E-state index in [1.54, 1.807) is 13.2 Å². The molecule has 6 heteroatoms. The summed E-state index contributed by atoms with van der Waals surface area (Å²) in [7, 11) is 1.55. The lowest BCUT2D eigenvalue weighted by Gasteiger charge is -2.13. The zero-order chi connectivity index (χ0) is 13.0. The maximum absolute atomic E-state index is 11.7. The van der Waals surface area contributed by atoms with E-state index >= 15 is 0 Å². The molecular weight excluding hydrogens is 232 g/mol. The molecule has 2 rings (SSSR count). The highest BCUT2D eigenvalue weighted by molar-refractivity contribution is 5.81. The number of methoxy groups -OCH3 is 1. The molecular formula is C12H18N4O2. The van der Waals surface area contributed by atoms with Gasteiger partial charge in [0.25, 0.3) is 0 Å². The van der Waals surface area contributed by atoms with Crippen LogP contribution in [0.3, 0.4) is 0 Å². The molecule has 0 bridgehead atoms. The predicted molar refractivity (Wildman–Crippen MR) is 66.1 cm³/mol. The van der Waals surface area contributed by atoms with Crippen LogP contribution in [0.25, 0.3) is 0 Å². The van der Waals surface area contributed by atoms with Crippen molar-refractivity contribution in [1.82, 2.24) is 20.8 Å². The van der Waals surface area contributed by atoms with Gasteiger partial charge in [-0.25, -0.2) is 0 Å². The third-order valence-corrected chi connectivity index (χ3v) is 2.81. The minimum absolute atomic E-state index is 0.0407. The van der Waals surface area contributed by atoms with Gasteiger partial charge in [-0.1, -0.05) is 0 Å². The molecule has 0 saturated heterocycles. The monoisotopic (exact) mass is 250 g/mol. The first-order valence-electron chi connectivity index (χ1n) is 6.09. The number of nitrogens with zero attached hydrogens (tertiary/aromatic N) is 2. The summed E-state index contributed by atoms with van der Waals surface area (Å²) in [5.74, 6) is 0.525. The van der Waals surface area contributed by atoms with Gasteiger partial charge >= 0.3 is 0 Å². The molecule has 1 aliphatic carbocycles. The molecule has 1 fully saturated rings. The van der Waals surface area contributed by atoms with E-state index in [2.05, 4.69) is 20.8 Å². The first-order valence-corrected chi connectivity index (χ1v) is 6.09. The summed E-state index contributed by atoms with van der Waals surface area (Å²) in [6.07, 6.45) is 2.20. The second-order valence-electron chi connectivity index (χ2n) is 4.45. The van der Waals surface area contributed by atoms with E-state index in [-0.39, 0.29) is 11.9 Å². The Bertz CT molecular complexity index is 403. The summed E-state index contributed by atoms with van der Waals surface area (Å²) in [4.78, 5) is 11.7. The van der Waals surface area contributed by atoms with Crippen molar-refractivity contribution in [2.45, 2.75) is 38.4 Å². The molecule has 1 aromatic rings. The van der Waals surface area contributed by atoms with E-state index in [4.69, 9.17) is 4.74 Å². The predicted octanol–water partition coefficient (Wildman–Crippen LogP) is 0.242. The fourth-order valence-corrected chi connectivity index (χ4v) is 1.46. The van der Waals surface area contributed by atoms with Crippen LogP contribution >= 0.6 is 0 Å². The normalized spacial score (nSPS) is 16.1. The Morgan fingerprint density at radius 2 is 2.28 bits per heavy atom. The van der Waals surface area contributed by atoms with Crippen molar-refractivity contribution in [3.63, 3.8) is 0 Å². The number of rotatable bonds is 6. The molecule has 0 radical (unpaired) electrons. The minimum Gasteiger partial charge on any atom is -0.480 e. The molecule has 2 N–H and O–H groups in total. The molecule has 98 valence electrons. The number of amides is 1. The summed E-state index contributed by atoms with van der Waals surface area (Å²) >= 11 is 0. The lowest BCUT2D eigenvalue weighted by Crippen LogP contribution is -2.42. The number of carbonyl (C=O) groups is 1. The van der Waals surface area contributed by atoms with E-state index in [0.717, 1.165) is 18.5 Å². The second kappa shape index (κ2) is 5.77. The summed E-state index contributed by atoms with van der Waals surface area (Å²) in [5.41, 5.74) is 0.780. The smallest absolute Gasteiger partial charge is 0.237 e. The average Bonchev–Trinajstić information content (AvgIpc) is 3.20. The first-order chi connectivity index (χ1) is 8.69. The van der Waals surface area contributed by atoms with Crippen molar-refractivity contribution in [3.05, 3.63) is 17.8 Å². The Labute approximate surface area is 106 Å². The summed E-state index contributed by atoms with van der Waals surface area (Å²) < 4.78 is 4.93. The van der Waals surface area contributed by atoms with E-state index in [9.17, 15) is 4.79 Å². The van der Waals surface area contributed by atoms with E-state index < -0.39 is 0 Å². The van der Waals surface area contributed by atoms with Crippen LogP contribution in [0.15, 0.2) is 12.1 Å². The largest absolute Gasteiger partial charge is 0.480 e. The molecule has 6 nitrogen and oxygen atoms in total. The standard InChI is InChI=1S/C12H18N4O2/c1-8(12(17)14-9-3-4-9)13-7-10-5-6-11(18-2)16-15-10/h5-6,8-9,13H,3-4,7H2,1-2H3,(H,14,17). The van der Waals surface area contributed by atoms with Crippen molar-refractivity contribution < 1.29 is 9.53 Å². The van der Waals surface area contributed by atoms with Crippen LogP contribution in [0.2, 0.25) is 0 Å². The quantitative estimate of drug-likeness (QED) is 0.756. The Kier molecular flexibility index (Phi) is 4.09. The Morgan fingerprint density at radius 1 is 1.50 bits per heavy atom. The third kappa shape index (κ3) is 3.66. The fraction of sp³-hybridized carbons (Fsp3) is 0.583. The van der Waals surface area contributed by atoms with Crippen LogP contribution in [0.1, 0.15) is 25.5 Å². The van der Waals surface area contributed by atoms with Gasteiger partial charge in [0.15, 0.2) is 0 Å². The number of aromatic nitrogens is 2. The van der Waals surface area contributed by atoms with Crippen molar-refractivity contribution >= 4 is 5.91 Å². The van der Waals surface area contributed by atoms with Crippen LogP contribution in [0.4, 0.5) is 0 Å². The maximum Gasteiger partial charge on any atom is 0.237 e. The molecule has 1 aliphatic rings. The zero-order valence-electron chi connectivity index (χ0n) is 10.6. The van der Waals surface area contributed by atoms with Gasteiger partial charge in [-0.3, -0.25) is 4.79 Å². The highest BCUT2D eigenvalue weighted by Crippen LogP contribution is 2.18. The van der Waals surface area contributed by atoms with Crippen molar-refractivity contribution in [3.8, 4) is 5.88 Å². The first kappa shape index (κ1) is 12.8. The molecule has 1 unspecified atom stereocenters. The lowest BCUT2D eigenvalue weighted by atomic mass is 10.3. The minimum atomic E-state index is -0.227. The van der Waals surface area contributed by atoms with Crippen molar-refractivity contribution in [1.29, 1.82) is 0 Å². The van der Waals surface area contributed by atoms with Gasteiger partial charge in [0, 0.05) is 18.7 Å². The van der Waals surface area contributed by atoms with Crippen molar-refractivity contribution in [2.24, 2.45) is 0 Å². The molecule has 1 atom stereocenters. The molecule has 0 aromatic carbocycles. The third-order valence-electron chi connectivity index (χ3n) is 2.81. The zero-order valence-corrected chi connectivity index (χ0v) is 10.6. The highest BCUT2D eigenvalue weighted by Gasteiger charge is 2.25.